The molecule has 11 heteroatoms. The van der Waals surface area contributed by atoms with Crippen molar-refractivity contribution in [1.82, 2.24) is 10.2 Å². The molecule has 0 aromatic heterocycles. The number of amides is 2. The Balaban J connectivity index is 2.01. The van der Waals surface area contributed by atoms with Gasteiger partial charge in [-0.2, -0.15) is 0 Å². The number of carbonyl (C=O) groups excluding carboxylic acids is 2. The molecule has 0 saturated carbocycles. The molecule has 0 aliphatic rings. The highest BCUT2D eigenvalue weighted by Crippen LogP contribution is 2.27. The van der Waals surface area contributed by atoms with E-state index in [4.69, 9.17) is 23.2 Å². The van der Waals surface area contributed by atoms with Crippen molar-refractivity contribution in [1.29, 1.82) is 0 Å². The first-order valence-corrected chi connectivity index (χ1v) is 15.2. The Morgan fingerprint density at radius 2 is 1.59 bits per heavy atom. The van der Waals surface area contributed by atoms with Gasteiger partial charge in [-0.05, 0) is 66.9 Å². The molecular formula is C28H30BrCl2N3O4S. The van der Waals surface area contributed by atoms with Crippen LogP contribution in [0.3, 0.4) is 0 Å². The molecule has 0 saturated heterocycles. The van der Waals surface area contributed by atoms with Crippen LogP contribution in [0, 0.1) is 5.92 Å². The predicted molar refractivity (Wildman–Crippen MR) is 159 cm³/mol. The van der Waals surface area contributed by atoms with E-state index in [1.165, 1.54) is 17.0 Å². The number of rotatable bonds is 11. The third-order valence-corrected chi connectivity index (χ3v) is 8.84. The molecule has 0 spiro atoms. The predicted octanol–water partition coefficient (Wildman–Crippen LogP) is 6.14. The summed E-state index contributed by atoms with van der Waals surface area (Å²) in [7, 11) is -4.12. The average molecular weight is 655 g/mol. The quantitative estimate of drug-likeness (QED) is 0.269. The highest BCUT2D eigenvalue weighted by molar-refractivity contribution is 9.10. The van der Waals surface area contributed by atoms with E-state index in [1.54, 1.807) is 67.6 Å². The number of halogens is 3. The fraction of sp³-hybridized carbons (Fsp3) is 0.286. The fourth-order valence-corrected chi connectivity index (χ4v) is 5.89. The summed E-state index contributed by atoms with van der Waals surface area (Å²) >= 11 is 15.8. The van der Waals surface area contributed by atoms with Gasteiger partial charge in [-0.1, -0.05) is 77.2 Å². The minimum atomic E-state index is -4.12. The minimum absolute atomic E-state index is 0.0232. The van der Waals surface area contributed by atoms with Gasteiger partial charge in [0.2, 0.25) is 11.8 Å². The summed E-state index contributed by atoms with van der Waals surface area (Å²) in [6.07, 6.45) is 0. The van der Waals surface area contributed by atoms with E-state index in [0.717, 1.165) is 8.78 Å². The molecule has 0 fully saturated rings. The lowest BCUT2D eigenvalue weighted by molar-refractivity contribution is -0.139. The van der Waals surface area contributed by atoms with E-state index in [2.05, 4.69) is 21.2 Å². The van der Waals surface area contributed by atoms with Crippen LogP contribution in [0.15, 0.2) is 82.2 Å². The molecule has 7 nitrogen and oxygen atoms in total. The molecule has 0 bridgehead atoms. The molecule has 0 aliphatic heterocycles. The van der Waals surface area contributed by atoms with Crippen molar-refractivity contribution in [2.45, 2.75) is 38.3 Å². The van der Waals surface area contributed by atoms with Gasteiger partial charge in [-0.25, -0.2) is 8.42 Å². The minimum Gasteiger partial charge on any atom is -0.354 e. The summed E-state index contributed by atoms with van der Waals surface area (Å²) in [6.45, 7) is 5.40. The van der Waals surface area contributed by atoms with Crippen LogP contribution in [0.2, 0.25) is 10.0 Å². The van der Waals surface area contributed by atoms with Crippen molar-refractivity contribution in [2.24, 2.45) is 5.92 Å². The van der Waals surface area contributed by atoms with E-state index < -0.39 is 28.5 Å². The lowest BCUT2D eigenvalue weighted by Gasteiger charge is -2.32. The Bertz CT molecular complexity index is 1400. The summed E-state index contributed by atoms with van der Waals surface area (Å²) < 4.78 is 29.3. The van der Waals surface area contributed by atoms with Gasteiger partial charge in [0, 0.05) is 27.6 Å². The third kappa shape index (κ3) is 8.20. The number of benzene rings is 3. The highest BCUT2D eigenvalue weighted by Gasteiger charge is 2.32. The molecule has 1 atom stereocenters. The number of carbonyl (C=O) groups is 2. The van der Waals surface area contributed by atoms with E-state index in [-0.39, 0.29) is 23.3 Å². The van der Waals surface area contributed by atoms with Crippen molar-refractivity contribution < 1.29 is 18.0 Å². The second-order valence-corrected chi connectivity index (χ2v) is 13.0. The van der Waals surface area contributed by atoms with Gasteiger partial charge in [0.25, 0.3) is 10.0 Å². The van der Waals surface area contributed by atoms with Gasteiger partial charge in [0.1, 0.15) is 12.6 Å². The van der Waals surface area contributed by atoms with Crippen molar-refractivity contribution in [2.75, 3.05) is 17.4 Å². The third-order valence-electron chi connectivity index (χ3n) is 5.93. The lowest BCUT2D eigenvalue weighted by atomic mass is 10.1. The normalized spacial score (nSPS) is 12.2. The first kappa shape index (κ1) is 30.9. The molecular weight excluding hydrogens is 625 g/mol. The van der Waals surface area contributed by atoms with Crippen LogP contribution in [0.5, 0.6) is 0 Å². The van der Waals surface area contributed by atoms with Gasteiger partial charge in [0.15, 0.2) is 0 Å². The van der Waals surface area contributed by atoms with Crippen molar-refractivity contribution >= 4 is 66.7 Å². The first-order valence-electron chi connectivity index (χ1n) is 12.2. The smallest absolute Gasteiger partial charge is 0.264 e. The molecule has 208 valence electrons. The standard InChI is InChI=1S/C28H30BrCl2N3O4S/c1-19(2)16-32-28(36)20(3)33(17-21-9-12-23(30)15-26(21)31)27(35)18-34(24-13-10-22(29)11-14-24)39(37,38)25-7-5-4-6-8-25/h4-15,19-20H,16-18H2,1-3H3,(H,32,36). The Hall–Kier alpha value is -2.59. The molecule has 0 aliphatic carbocycles. The van der Waals surface area contributed by atoms with Crippen LogP contribution in [0.4, 0.5) is 5.69 Å². The maximum atomic E-state index is 13.9. The fourth-order valence-electron chi connectivity index (χ4n) is 3.72. The van der Waals surface area contributed by atoms with Crippen LogP contribution >= 0.6 is 39.1 Å². The van der Waals surface area contributed by atoms with E-state index >= 15 is 0 Å². The Morgan fingerprint density at radius 3 is 2.18 bits per heavy atom. The second kappa shape index (κ2) is 13.7. The van der Waals surface area contributed by atoms with Gasteiger partial charge < -0.3 is 10.2 Å². The number of hydrogen-bond donors (Lipinski definition) is 1. The van der Waals surface area contributed by atoms with Crippen LogP contribution in [0.1, 0.15) is 26.3 Å². The highest BCUT2D eigenvalue weighted by atomic mass is 79.9. The van der Waals surface area contributed by atoms with E-state index in [9.17, 15) is 18.0 Å². The molecule has 3 aromatic rings. The zero-order valence-corrected chi connectivity index (χ0v) is 25.7. The molecule has 0 heterocycles. The summed E-state index contributed by atoms with van der Waals surface area (Å²) in [5, 5.41) is 3.61. The molecule has 3 rings (SSSR count). The molecule has 3 aromatic carbocycles. The van der Waals surface area contributed by atoms with Gasteiger partial charge in [0.05, 0.1) is 10.6 Å². The molecule has 1 N–H and O–H groups in total. The lowest BCUT2D eigenvalue weighted by Crippen LogP contribution is -2.51. The van der Waals surface area contributed by atoms with Crippen LogP contribution in [-0.2, 0) is 26.2 Å². The second-order valence-electron chi connectivity index (χ2n) is 9.37. The van der Waals surface area contributed by atoms with Gasteiger partial charge >= 0.3 is 0 Å². The summed E-state index contributed by atoms with van der Waals surface area (Å²) in [5.74, 6) is -0.723. The zero-order valence-electron chi connectivity index (χ0n) is 21.8. The van der Waals surface area contributed by atoms with E-state index in [0.29, 0.717) is 27.8 Å². The molecule has 2 amide bonds. The maximum absolute atomic E-state index is 13.9. The topological polar surface area (TPSA) is 86.8 Å². The Morgan fingerprint density at radius 1 is 0.949 bits per heavy atom. The van der Waals surface area contributed by atoms with Gasteiger partial charge in [-0.3, -0.25) is 13.9 Å². The molecule has 0 radical (unpaired) electrons. The summed E-state index contributed by atoms with van der Waals surface area (Å²) in [6, 6.07) is 18.5. The average Bonchev–Trinajstić information content (AvgIpc) is 2.90. The zero-order chi connectivity index (χ0) is 28.7. The monoisotopic (exact) mass is 653 g/mol. The van der Waals surface area contributed by atoms with Gasteiger partial charge in [-0.15, -0.1) is 0 Å². The summed E-state index contributed by atoms with van der Waals surface area (Å²) in [4.78, 5) is 28.3. The largest absolute Gasteiger partial charge is 0.354 e. The van der Waals surface area contributed by atoms with Crippen LogP contribution in [0.25, 0.3) is 0 Å². The number of anilines is 1. The van der Waals surface area contributed by atoms with Crippen LogP contribution in [-0.4, -0.2) is 44.3 Å². The number of nitrogens with one attached hydrogen (secondary N) is 1. The van der Waals surface area contributed by atoms with Crippen molar-refractivity contribution in [3.8, 4) is 0 Å². The molecule has 1 unspecified atom stereocenters. The van der Waals surface area contributed by atoms with Crippen LogP contribution < -0.4 is 9.62 Å². The molecule has 39 heavy (non-hydrogen) atoms. The van der Waals surface area contributed by atoms with E-state index in [1.807, 2.05) is 13.8 Å². The first-order chi connectivity index (χ1) is 18.4. The number of hydrogen-bond acceptors (Lipinski definition) is 4. The Kier molecular flexibility index (Phi) is 10.8. The van der Waals surface area contributed by atoms with Crippen molar-refractivity contribution in [3.63, 3.8) is 0 Å². The number of sulfonamides is 1. The SMILES string of the molecule is CC(C)CNC(=O)C(C)N(Cc1ccc(Cl)cc1Cl)C(=O)CN(c1ccc(Br)cc1)S(=O)(=O)c1ccccc1. The Labute approximate surface area is 248 Å². The number of nitrogens with zero attached hydrogens (tertiary/aromatic N) is 2. The summed E-state index contributed by atoms with van der Waals surface area (Å²) in [5.41, 5.74) is 0.871. The van der Waals surface area contributed by atoms with Crippen molar-refractivity contribution in [3.05, 3.63) is 92.9 Å². The maximum Gasteiger partial charge on any atom is 0.264 e.